The number of benzene rings is 2. The van der Waals surface area contributed by atoms with Gasteiger partial charge in [-0.25, -0.2) is 0 Å². The van der Waals surface area contributed by atoms with Crippen LogP contribution in [0.15, 0.2) is 78.7 Å². The molecule has 1 amide bonds. The quantitative estimate of drug-likeness (QED) is 0.253. The van der Waals surface area contributed by atoms with Crippen molar-refractivity contribution in [2.75, 3.05) is 29.9 Å². The molecular weight excluding hydrogens is 468 g/mol. The molecule has 1 aromatic heterocycles. The first kappa shape index (κ1) is 27.4. The van der Waals surface area contributed by atoms with Crippen molar-refractivity contribution in [3.8, 4) is 0 Å². The van der Waals surface area contributed by atoms with Gasteiger partial charge in [0.25, 0.3) is 0 Å². The molecule has 0 fully saturated rings. The number of nitrogens with one attached hydrogen (secondary N) is 2. The molecule has 4 rings (SSSR count). The van der Waals surface area contributed by atoms with Gasteiger partial charge in [0.2, 0.25) is 5.91 Å². The fourth-order valence-electron chi connectivity index (χ4n) is 4.28. The predicted molar refractivity (Wildman–Crippen MR) is 154 cm³/mol. The normalized spacial score (nSPS) is 12.9. The van der Waals surface area contributed by atoms with Crippen LogP contribution in [0.2, 0.25) is 5.02 Å². The van der Waals surface area contributed by atoms with Crippen molar-refractivity contribution in [2.24, 2.45) is 0 Å². The van der Waals surface area contributed by atoms with Gasteiger partial charge in [0.1, 0.15) is 0 Å². The summed E-state index contributed by atoms with van der Waals surface area (Å²) >= 11 is 6.07. The number of nitrogens with zero attached hydrogens (tertiary/aromatic N) is 2. The number of carbonyl (C=O) groups excluding carboxylic acids is 1. The number of allylic oxidation sites excluding steroid dienone is 3. The summed E-state index contributed by atoms with van der Waals surface area (Å²) in [4.78, 5) is 19.4. The third kappa shape index (κ3) is 7.19. The lowest BCUT2D eigenvalue weighted by Gasteiger charge is -2.25. The van der Waals surface area contributed by atoms with Crippen LogP contribution in [0.25, 0.3) is 10.9 Å². The molecular formula is C30H37ClN4O. The van der Waals surface area contributed by atoms with E-state index in [4.69, 9.17) is 11.6 Å². The van der Waals surface area contributed by atoms with Crippen LogP contribution >= 0.6 is 11.6 Å². The van der Waals surface area contributed by atoms with Crippen molar-refractivity contribution in [2.45, 2.75) is 46.5 Å². The van der Waals surface area contributed by atoms with E-state index in [-0.39, 0.29) is 5.91 Å². The Morgan fingerprint density at radius 1 is 1.11 bits per heavy atom. The zero-order chi connectivity index (χ0) is 25.9. The molecule has 190 valence electrons. The minimum Gasteiger partial charge on any atom is -0.384 e. The maximum absolute atomic E-state index is 13.1. The molecule has 0 spiro atoms. The van der Waals surface area contributed by atoms with Gasteiger partial charge in [-0.05, 0) is 88.9 Å². The molecule has 36 heavy (non-hydrogen) atoms. The Morgan fingerprint density at radius 2 is 1.86 bits per heavy atom. The van der Waals surface area contributed by atoms with Gasteiger partial charge in [-0.3, -0.25) is 14.7 Å². The molecule has 0 saturated carbocycles. The average molecular weight is 505 g/mol. The number of amides is 1. The van der Waals surface area contributed by atoms with E-state index >= 15 is 0 Å². The number of hydrogen-bond donors (Lipinski definition) is 2. The number of unbranched alkanes of at least 4 members (excludes halogenated alkanes) is 1. The first-order valence-corrected chi connectivity index (χ1v) is 13.0. The smallest absolute Gasteiger partial charge is 0.245 e. The van der Waals surface area contributed by atoms with E-state index in [9.17, 15) is 4.79 Å². The summed E-state index contributed by atoms with van der Waals surface area (Å²) in [6, 6.07) is 16.0. The van der Waals surface area contributed by atoms with Crippen LogP contribution in [-0.2, 0) is 11.2 Å². The number of rotatable bonds is 8. The second-order valence-corrected chi connectivity index (χ2v) is 9.40. The van der Waals surface area contributed by atoms with E-state index in [1.165, 1.54) is 11.1 Å². The largest absolute Gasteiger partial charge is 0.384 e. The summed E-state index contributed by atoms with van der Waals surface area (Å²) in [5.41, 5.74) is 6.55. The highest BCUT2D eigenvalue weighted by atomic mass is 35.5. The molecule has 5 nitrogen and oxygen atoms in total. The van der Waals surface area contributed by atoms with Gasteiger partial charge in [0, 0.05) is 34.5 Å². The molecule has 0 bridgehead atoms. The zero-order valence-electron chi connectivity index (χ0n) is 21.6. The van der Waals surface area contributed by atoms with Crippen LogP contribution in [0.1, 0.15) is 45.6 Å². The van der Waals surface area contributed by atoms with E-state index in [1.54, 1.807) is 12.3 Å². The predicted octanol–water partition coefficient (Wildman–Crippen LogP) is 7.14. The van der Waals surface area contributed by atoms with Crippen LogP contribution < -0.4 is 15.5 Å². The number of pyridine rings is 1. The van der Waals surface area contributed by atoms with Crippen LogP contribution in [-0.4, -0.2) is 30.5 Å². The number of aromatic nitrogens is 1. The Labute approximate surface area is 220 Å². The molecule has 1 aliphatic heterocycles. The lowest BCUT2D eigenvalue weighted by atomic mass is 10.1. The lowest BCUT2D eigenvalue weighted by molar-refractivity contribution is -0.117. The van der Waals surface area contributed by atoms with Gasteiger partial charge in [-0.15, -0.1) is 6.58 Å². The van der Waals surface area contributed by atoms with Crippen molar-refractivity contribution in [1.82, 2.24) is 10.3 Å². The molecule has 0 radical (unpaired) electrons. The SMILES string of the molecule is C=CC.CC1=C(C)N(C(=O)CNCCCCNc2ccnc3cc(Cl)ccc23)c2ccccc2CC1. The van der Waals surface area contributed by atoms with E-state index in [1.807, 2.05) is 48.2 Å². The van der Waals surface area contributed by atoms with Gasteiger partial charge < -0.3 is 10.6 Å². The van der Waals surface area contributed by atoms with Gasteiger partial charge in [0.15, 0.2) is 0 Å². The zero-order valence-corrected chi connectivity index (χ0v) is 22.4. The van der Waals surface area contributed by atoms with Gasteiger partial charge in [-0.2, -0.15) is 0 Å². The maximum atomic E-state index is 13.1. The first-order valence-electron chi connectivity index (χ1n) is 12.6. The Bertz CT molecular complexity index is 1220. The number of hydrogen-bond acceptors (Lipinski definition) is 4. The Balaban J connectivity index is 0.00000115. The minimum atomic E-state index is 0.0984. The highest BCUT2D eigenvalue weighted by molar-refractivity contribution is 6.31. The number of anilines is 2. The topological polar surface area (TPSA) is 57.3 Å². The molecule has 1 aliphatic rings. The highest BCUT2D eigenvalue weighted by Crippen LogP contribution is 2.31. The first-order chi connectivity index (χ1) is 17.5. The summed E-state index contributed by atoms with van der Waals surface area (Å²) in [5, 5.41) is 8.60. The van der Waals surface area contributed by atoms with E-state index < -0.39 is 0 Å². The summed E-state index contributed by atoms with van der Waals surface area (Å²) < 4.78 is 0. The number of para-hydroxylation sites is 1. The third-order valence-electron chi connectivity index (χ3n) is 6.28. The molecule has 2 N–H and O–H groups in total. The van der Waals surface area contributed by atoms with Crippen LogP contribution in [0.5, 0.6) is 0 Å². The summed E-state index contributed by atoms with van der Waals surface area (Å²) in [6.07, 6.45) is 7.51. The average Bonchev–Trinajstić information content (AvgIpc) is 2.99. The van der Waals surface area contributed by atoms with E-state index in [2.05, 4.69) is 48.2 Å². The van der Waals surface area contributed by atoms with Crippen molar-refractivity contribution in [3.63, 3.8) is 0 Å². The number of carbonyl (C=O) groups is 1. The van der Waals surface area contributed by atoms with E-state index in [0.717, 1.165) is 66.7 Å². The Kier molecular flexibility index (Phi) is 10.5. The molecule has 0 atom stereocenters. The number of fused-ring (bicyclic) bond motifs is 2. The molecule has 2 heterocycles. The van der Waals surface area contributed by atoms with Gasteiger partial charge in [0.05, 0.1) is 17.7 Å². The Morgan fingerprint density at radius 3 is 2.67 bits per heavy atom. The molecule has 0 saturated heterocycles. The summed E-state index contributed by atoms with van der Waals surface area (Å²) in [6.45, 7) is 11.4. The highest BCUT2D eigenvalue weighted by Gasteiger charge is 2.23. The Hall–Kier alpha value is -3.15. The molecule has 2 aromatic carbocycles. The fraction of sp³-hybridized carbons (Fsp3) is 0.333. The van der Waals surface area contributed by atoms with Gasteiger partial charge >= 0.3 is 0 Å². The monoisotopic (exact) mass is 504 g/mol. The fourth-order valence-corrected chi connectivity index (χ4v) is 4.45. The molecule has 0 unspecified atom stereocenters. The van der Waals surface area contributed by atoms with Crippen LogP contribution in [0, 0.1) is 0 Å². The van der Waals surface area contributed by atoms with Crippen LogP contribution in [0.3, 0.4) is 0 Å². The second-order valence-electron chi connectivity index (χ2n) is 8.96. The summed E-state index contributed by atoms with van der Waals surface area (Å²) in [7, 11) is 0. The summed E-state index contributed by atoms with van der Waals surface area (Å²) in [5.74, 6) is 0.0984. The standard InChI is InChI=1S/C27H31ClN4O.C3H6/c1-19-9-10-21-7-3-4-8-26(21)32(20(19)2)27(33)18-29-14-5-6-15-30-24-13-16-31-25-17-22(28)11-12-23(24)25;1-3-2/h3-4,7-8,11-13,16-17,29H,5-6,9-10,14-15,18H2,1-2H3,(H,30,31);3H,1H2,2H3. The van der Waals surface area contributed by atoms with Crippen molar-refractivity contribution < 1.29 is 4.79 Å². The molecule has 3 aromatic rings. The minimum absolute atomic E-state index is 0.0984. The van der Waals surface area contributed by atoms with Gasteiger partial charge in [-0.1, -0.05) is 41.4 Å². The second kappa shape index (κ2) is 13.8. The van der Waals surface area contributed by atoms with Crippen molar-refractivity contribution >= 4 is 39.8 Å². The lowest BCUT2D eigenvalue weighted by Crippen LogP contribution is -2.38. The van der Waals surface area contributed by atoms with Crippen molar-refractivity contribution in [1.29, 1.82) is 0 Å². The van der Waals surface area contributed by atoms with Crippen molar-refractivity contribution in [3.05, 3.63) is 89.2 Å². The maximum Gasteiger partial charge on any atom is 0.245 e. The van der Waals surface area contributed by atoms with Crippen LogP contribution in [0.4, 0.5) is 11.4 Å². The number of aryl methyl sites for hydroxylation is 1. The number of halogens is 1. The third-order valence-corrected chi connectivity index (χ3v) is 6.52. The molecule has 0 aliphatic carbocycles. The van der Waals surface area contributed by atoms with E-state index in [0.29, 0.717) is 11.6 Å². The molecule has 6 heteroatoms.